The molecule has 2 N–H and O–H groups in total. The molecule has 0 bridgehead atoms. The minimum absolute atomic E-state index is 0.140. The summed E-state index contributed by atoms with van der Waals surface area (Å²) in [6.45, 7) is 4.94. The van der Waals surface area contributed by atoms with E-state index in [-0.39, 0.29) is 12.6 Å². The normalized spacial score (nSPS) is 13.9. The number of para-hydroxylation sites is 1. The first-order valence-electron chi connectivity index (χ1n) is 7.23. The van der Waals surface area contributed by atoms with Crippen molar-refractivity contribution in [1.29, 1.82) is 0 Å². The number of rotatable bonds is 8. The molecule has 0 fully saturated rings. The molecule has 21 heavy (non-hydrogen) atoms. The van der Waals surface area contributed by atoms with Crippen LogP contribution in [-0.4, -0.2) is 29.3 Å². The molecule has 0 amide bonds. The number of aliphatic hydroxyl groups excluding tert-OH is 1. The van der Waals surface area contributed by atoms with Gasteiger partial charge in [0.25, 0.3) is 0 Å². The Morgan fingerprint density at radius 1 is 1.33 bits per heavy atom. The van der Waals surface area contributed by atoms with E-state index in [0.29, 0.717) is 6.54 Å². The van der Waals surface area contributed by atoms with Crippen LogP contribution in [0.15, 0.2) is 36.5 Å². The zero-order valence-corrected chi connectivity index (χ0v) is 13.3. The smallest absolute Gasteiger partial charge is 0.119 e. The molecular weight excluding hydrogens is 284 g/mol. The number of thiazole rings is 1. The van der Waals surface area contributed by atoms with Gasteiger partial charge in [-0.3, -0.25) is 0 Å². The van der Waals surface area contributed by atoms with Crippen LogP contribution in [0.2, 0.25) is 0 Å². The van der Waals surface area contributed by atoms with E-state index in [0.717, 1.165) is 17.2 Å². The van der Waals surface area contributed by atoms with Crippen molar-refractivity contribution in [2.45, 2.75) is 32.4 Å². The Morgan fingerprint density at radius 3 is 2.76 bits per heavy atom. The third-order valence-electron chi connectivity index (χ3n) is 3.14. The lowest BCUT2D eigenvalue weighted by Crippen LogP contribution is -2.33. The van der Waals surface area contributed by atoms with Crippen LogP contribution in [0.5, 0.6) is 5.75 Å². The van der Waals surface area contributed by atoms with Crippen LogP contribution < -0.4 is 10.1 Å². The van der Waals surface area contributed by atoms with Gasteiger partial charge in [0.2, 0.25) is 0 Å². The lowest BCUT2D eigenvalue weighted by atomic mass is 10.3. The first-order chi connectivity index (χ1) is 10.2. The number of nitrogens with zero attached hydrogens (tertiary/aromatic N) is 1. The molecule has 2 rings (SSSR count). The summed E-state index contributed by atoms with van der Waals surface area (Å²) in [6.07, 6.45) is 2.39. The highest BCUT2D eigenvalue weighted by atomic mass is 32.1. The summed E-state index contributed by atoms with van der Waals surface area (Å²) < 4.78 is 5.52. The predicted octanol–water partition coefficient (Wildman–Crippen LogP) is 2.80. The van der Waals surface area contributed by atoms with Crippen LogP contribution in [0.1, 0.15) is 29.8 Å². The van der Waals surface area contributed by atoms with Gasteiger partial charge in [-0.25, -0.2) is 4.98 Å². The molecule has 0 aliphatic rings. The number of hydrogen-bond donors (Lipinski definition) is 2. The Hall–Kier alpha value is -1.43. The molecule has 4 nitrogen and oxygen atoms in total. The number of aromatic nitrogens is 1. The van der Waals surface area contributed by atoms with E-state index in [1.165, 1.54) is 4.88 Å². The number of benzene rings is 1. The van der Waals surface area contributed by atoms with Gasteiger partial charge in [-0.15, -0.1) is 11.3 Å². The van der Waals surface area contributed by atoms with Crippen LogP contribution in [0.4, 0.5) is 0 Å². The fourth-order valence-corrected chi connectivity index (χ4v) is 2.74. The third kappa shape index (κ3) is 5.12. The fourth-order valence-electron chi connectivity index (χ4n) is 1.85. The second-order valence-corrected chi connectivity index (χ2v) is 6.07. The Labute approximate surface area is 129 Å². The standard InChI is InChI=1S/C16H22N2O2S/c1-3-15-10-18-16(21-15)12(2)17-9-13(19)11-20-14-7-5-4-6-8-14/h4-8,10,12-13,17,19H,3,9,11H2,1-2H3. The highest BCUT2D eigenvalue weighted by molar-refractivity contribution is 7.11. The van der Waals surface area contributed by atoms with E-state index >= 15 is 0 Å². The van der Waals surface area contributed by atoms with Crippen LogP contribution in [-0.2, 0) is 6.42 Å². The summed E-state index contributed by atoms with van der Waals surface area (Å²) in [6, 6.07) is 9.66. The quantitative estimate of drug-likeness (QED) is 0.787. The molecule has 2 aromatic rings. The molecule has 0 aliphatic heterocycles. The van der Waals surface area contributed by atoms with Gasteiger partial charge in [0.1, 0.15) is 23.5 Å². The van der Waals surface area contributed by atoms with E-state index in [1.807, 2.05) is 36.5 Å². The molecule has 1 aromatic carbocycles. The zero-order valence-electron chi connectivity index (χ0n) is 12.5. The van der Waals surface area contributed by atoms with E-state index in [1.54, 1.807) is 11.3 Å². The van der Waals surface area contributed by atoms with Crippen molar-refractivity contribution in [2.24, 2.45) is 0 Å². The molecule has 114 valence electrons. The summed E-state index contributed by atoms with van der Waals surface area (Å²) in [4.78, 5) is 5.69. The Morgan fingerprint density at radius 2 is 2.10 bits per heavy atom. The predicted molar refractivity (Wildman–Crippen MR) is 85.9 cm³/mol. The van der Waals surface area contributed by atoms with Crippen molar-refractivity contribution in [3.8, 4) is 5.75 Å². The maximum atomic E-state index is 9.95. The van der Waals surface area contributed by atoms with Gasteiger partial charge in [0.05, 0.1) is 6.04 Å². The van der Waals surface area contributed by atoms with Gasteiger partial charge in [0.15, 0.2) is 0 Å². The van der Waals surface area contributed by atoms with E-state index in [4.69, 9.17) is 4.74 Å². The van der Waals surface area contributed by atoms with Crippen LogP contribution in [0.3, 0.4) is 0 Å². The van der Waals surface area contributed by atoms with Crippen molar-refractivity contribution in [3.05, 3.63) is 46.4 Å². The Kier molecular flexibility index (Phi) is 6.17. The van der Waals surface area contributed by atoms with Crippen molar-refractivity contribution < 1.29 is 9.84 Å². The van der Waals surface area contributed by atoms with Gasteiger partial charge < -0.3 is 15.2 Å². The topological polar surface area (TPSA) is 54.4 Å². The number of nitrogens with one attached hydrogen (secondary N) is 1. The van der Waals surface area contributed by atoms with Crippen molar-refractivity contribution in [1.82, 2.24) is 10.3 Å². The second-order valence-electron chi connectivity index (χ2n) is 4.93. The molecule has 1 aromatic heterocycles. The van der Waals surface area contributed by atoms with Crippen LogP contribution >= 0.6 is 11.3 Å². The monoisotopic (exact) mass is 306 g/mol. The first-order valence-corrected chi connectivity index (χ1v) is 8.04. The summed E-state index contributed by atoms with van der Waals surface area (Å²) >= 11 is 1.72. The van der Waals surface area contributed by atoms with Crippen molar-refractivity contribution >= 4 is 11.3 Å². The number of hydrogen-bond acceptors (Lipinski definition) is 5. The molecule has 0 saturated carbocycles. The third-order valence-corrected chi connectivity index (χ3v) is 4.46. The molecule has 2 atom stereocenters. The Balaban J connectivity index is 1.72. The largest absolute Gasteiger partial charge is 0.491 e. The van der Waals surface area contributed by atoms with Crippen LogP contribution in [0.25, 0.3) is 0 Å². The van der Waals surface area contributed by atoms with Gasteiger partial charge in [-0.1, -0.05) is 25.1 Å². The summed E-state index contributed by atoms with van der Waals surface area (Å²) in [5.41, 5.74) is 0. The molecule has 0 aliphatic carbocycles. The molecule has 5 heteroatoms. The van der Waals surface area contributed by atoms with Gasteiger partial charge >= 0.3 is 0 Å². The molecular formula is C16H22N2O2S. The summed E-state index contributed by atoms with van der Waals surface area (Å²) in [7, 11) is 0. The zero-order chi connectivity index (χ0) is 15.1. The second kappa shape index (κ2) is 8.12. The van der Waals surface area contributed by atoms with Crippen LogP contribution in [0, 0.1) is 0 Å². The van der Waals surface area contributed by atoms with E-state index in [9.17, 15) is 5.11 Å². The number of ether oxygens (including phenoxy) is 1. The molecule has 2 unspecified atom stereocenters. The van der Waals surface area contributed by atoms with Gasteiger partial charge in [0, 0.05) is 17.6 Å². The first kappa shape index (κ1) is 15.9. The van der Waals surface area contributed by atoms with E-state index in [2.05, 4.69) is 24.1 Å². The SMILES string of the molecule is CCc1cnc(C(C)NCC(O)COc2ccccc2)s1. The van der Waals surface area contributed by atoms with E-state index < -0.39 is 6.10 Å². The summed E-state index contributed by atoms with van der Waals surface area (Å²) in [5.74, 6) is 0.775. The lowest BCUT2D eigenvalue weighted by Gasteiger charge is -2.16. The minimum atomic E-state index is -0.543. The maximum Gasteiger partial charge on any atom is 0.119 e. The lowest BCUT2D eigenvalue weighted by molar-refractivity contribution is 0.104. The Bertz CT molecular complexity index is 530. The fraction of sp³-hybridized carbons (Fsp3) is 0.438. The molecule has 0 saturated heterocycles. The van der Waals surface area contributed by atoms with Crippen molar-refractivity contribution in [3.63, 3.8) is 0 Å². The summed E-state index contributed by atoms with van der Waals surface area (Å²) in [5, 5.41) is 14.3. The average Bonchev–Trinajstić information content (AvgIpc) is 3.00. The highest BCUT2D eigenvalue weighted by Gasteiger charge is 2.12. The number of aryl methyl sites for hydroxylation is 1. The number of aliphatic hydroxyl groups is 1. The average molecular weight is 306 g/mol. The van der Waals surface area contributed by atoms with Crippen molar-refractivity contribution in [2.75, 3.05) is 13.2 Å². The molecule has 1 heterocycles. The maximum absolute atomic E-state index is 9.95. The minimum Gasteiger partial charge on any atom is -0.491 e. The highest BCUT2D eigenvalue weighted by Crippen LogP contribution is 2.20. The molecule has 0 radical (unpaired) electrons. The molecule has 0 spiro atoms. The van der Waals surface area contributed by atoms with Gasteiger partial charge in [-0.2, -0.15) is 0 Å². The van der Waals surface area contributed by atoms with Gasteiger partial charge in [-0.05, 0) is 25.5 Å².